The highest BCUT2D eigenvalue weighted by molar-refractivity contribution is 7.12. The molecule has 5 nitrogen and oxygen atoms in total. The summed E-state index contributed by atoms with van der Waals surface area (Å²) in [6.45, 7) is 6.18. The smallest absolute Gasteiger partial charge is 0.261 e. The molecule has 1 aliphatic rings. The summed E-state index contributed by atoms with van der Waals surface area (Å²) in [7, 11) is 0. The number of amides is 2. The summed E-state index contributed by atoms with van der Waals surface area (Å²) in [5.41, 5.74) is 1.31. The SMILES string of the molecule is CC1(C)CN(C(=O)c2ccc(CNC(=O)c3cccs3)cc2)CCO1. The van der Waals surface area contributed by atoms with E-state index >= 15 is 0 Å². The standard InChI is InChI=1S/C19H22N2O3S/c1-19(2)13-21(9-10-24-19)18(23)15-7-5-14(6-8-15)12-20-17(22)16-4-3-11-25-16/h3-8,11H,9-10,12-13H2,1-2H3,(H,20,22). The molecule has 0 saturated carbocycles. The second-order valence-electron chi connectivity index (χ2n) is 6.69. The van der Waals surface area contributed by atoms with Crippen LogP contribution in [-0.2, 0) is 11.3 Å². The van der Waals surface area contributed by atoms with Gasteiger partial charge in [-0.05, 0) is 43.0 Å². The molecule has 0 radical (unpaired) electrons. The number of benzene rings is 1. The quantitative estimate of drug-likeness (QED) is 0.914. The van der Waals surface area contributed by atoms with Gasteiger partial charge in [-0.25, -0.2) is 0 Å². The Morgan fingerprint density at radius 1 is 1.24 bits per heavy atom. The predicted octanol–water partition coefficient (Wildman–Crippen LogP) is 2.93. The molecule has 2 heterocycles. The van der Waals surface area contributed by atoms with Gasteiger partial charge in [0.2, 0.25) is 0 Å². The van der Waals surface area contributed by atoms with Crippen LogP contribution in [0, 0.1) is 0 Å². The first-order valence-corrected chi connectivity index (χ1v) is 9.16. The van der Waals surface area contributed by atoms with E-state index in [2.05, 4.69) is 5.32 Å². The zero-order valence-corrected chi connectivity index (χ0v) is 15.3. The highest BCUT2D eigenvalue weighted by atomic mass is 32.1. The van der Waals surface area contributed by atoms with Crippen LogP contribution in [0.25, 0.3) is 0 Å². The van der Waals surface area contributed by atoms with E-state index in [0.717, 1.165) is 5.56 Å². The van der Waals surface area contributed by atoms with Crippen molar-refractivity contribution in [2.75, 3.05) is 19.7 Å². The fraction of sp³-hybridized carbons (Fsp3) is 0.368. The Labute approximate surface area is 151 Å². The van der Waals surface area contributed by atoms with Crippen LogP contribution >= 0.6 is 11.3 Å². The number of nitrogens with one attached hydrogen (secondary N) is 1. The second kappa shape index (κ2) is 7.37. The minimum atomic E-state index is -0.306. The summed E-state index contributed by atoms with van der Waals surface area (Å²) in [5, 5.41) is 4.76. The van der Waals surface area contributed by atoms with Gasteiger partial charge in [0.15, 0.2) is 0 Å². The Morgan fingerprint density at radius 2 is 2.00 bits per heavy atom. The van der Waals surface area contributed by atoms with E-state index in [1.54, 1.807) is 6.07 Å². The lowest BCUT2D eigenvalue weighted by Crippen LogP contribution is -2.50. The van der Waals surface area contributed by atoms with Gasteiger partial charge in [0, 0.05) is 25.2 Å². The van der Waals surface area contributed by atoms with Crippen LogP contribution < -0.4 is 5.32 Å². The van der Waals surface area contributed by atoms with Crippen molar-refractivity contribution in [1.82, 2.24) is 10.2 Å². The van der Waals surface area contributed by atoms with Crippen LogP contribution in [0.2, 0.25) is 0 Å². The number of thiophene rings is 1. The molecule has 0 aliphatic carbocycles. The monoisotopic (exact) mass is 358 g/mol. The molecule has 2 amide bonds. The van der Waals surface area contributed by atoms with Crippen molar-refractivity contribution in [2.45, 2.75) is 26.0 Å². The summed E-state index contributed by atoms with van der Waals surface area (Å²) < 4.78 is 5.65. The molecule has 1 fully saturated rings. The molecule has 1 aromatic heterocycles. The zero-order valence-electron chi connectivity index (χ0n) is 14.5. The van der Waals surface area contributed by atoms with Crippen molar-refractivity contribution in [3.63, 3.8) is 0 Å². The maximum absolute atomic E-state index is 12.6. The van der Waals surface area contributed by atoms with E-state index in [1.165, 1.54) is 11.3 Å². The number of morpholine rings is 1. The Morgan fingerprint density at radius 3 is 2.64 bits per heavy atom. The first kappa shape index (κ1) is 17.6. The van der Waals surface area contributed by atoms with Crippen molar-refractivity contribution in [1.29, 1.82) is 0 Å². The first-order chi connectivity index (χ1) is 11.9. The maximum atomic E-state index is 12.6. The van der Waals surface area contributed by atoms with Crippen molar-refractivity contribution >= 4 is 23.2 Å². The minimum Gasteiger partial charge on any atom is -0.372 e. The third-order valence-corrected chi connectivity index (χ3v) is 4.98. The molecule has 0 atom stereocenters. The van der Waals surface area contributed by atoms with Crippen LogP contribution in [0.3, 0.4) is 0 Å². The van der Waals surface area contributed by atoms with Gasteiger partial charge in [-0.15, -0.1) is 11.3 Å². The number of nitrogens with zero attached hydrogens (tertiary/aromatic N) is 1. The Hall–Kier alpha value is -2.18. The summed E-state index contributed by atoms with van der Waals surface area (Å²) in [6, 6.07) is 11.1. The average Bonchev–Trinajstić information content (AvgIpc) is 3.13. The molecule has 1 N–H and O–H groups in total. The lowest BCUT2D eigenvalue weighted by atomic mass is 10.1. The molecule has 0 bridgehead atoms. The first-order valence-electron chi connectivity index (χ1n) is 8.28. The normalized spacial score (nSPS) is 16.5. The molecule has 25 heavy (non-hydrogen) atoms. The third-order valence-electron chi connectivity index (χ3n) is 4.11. The topological polar surface area (TPSA) is 58.6 Å². The minimum absolute atomic E-state index is 0.0190. The molecule has 0 spiro atoms. The number of carbonyl (C=O) groups is 2. The highest BCUT2D eigenvalue weighted by Gasteiger charge is 2.30. The van der Waals surface area contributed by atoms with Crippen LogP contribution in [0.15, 0.2) is 41.8 Å². The van der Waals surface area contributed by atoms with Gasteiger partial charge in [-0.3, -0.25) is 9.59 Å². The number of carbonyl (C=O) groups excluding carboxylic acids is 2. The van der Waals surface area contributed by atoms with Gasteiger partial charge in [-0.1, -0.05) is 18.2 Å². The number of rotatable bonds is 4. The van der Waals surface area contributed by atoms with Gasteiger partial charge < -0.3 is 15.0 Å². The number of hydrogen-bond acceptors (Lipinski definition) is 4. The van der Waals surface area contributed by atoms with E-state index < -0.39 is 0 Å². The Balaban J connectivity index is 1.58. The maximum Gasteiger partial charge on any atom is 0.261 e. The van der Waals surface area contributed by atoms with Gasteiger partial charge in [0.1, 0.15) is 0 Å². The number of hydrogen-bond donors (Lipinski definition) is 1. The van der Waals surface area contributed by atoms with E-state index in [9.17, 15) is 9.59 Å². The van der Waals surface area contributed by atoms with Crippen molar-refractivity contribution < 1.29 is 14.3 Å². The van der Waals surface area contributed by atoms with Gasteiger partial charge in [-0.2, -0.15) is 0 Å². The molecular formula is C19H22N2O3S. The van der Waals surface area contributed by atoms with Crippen LogP contribution in [0.1, 0.15) is 39.4 Å². The largest absolute Gasteiger partial charge is 0.372 e. The zero-order chi connectivity index (χ0) is 17.9. The van der Waals surface area contributed by atoms with Crippen molar-refractivity contribution in [3.8, 4) is 0 Å². The highest BCUT2D eigenvalue weighted by Crippen LogP contribution is 2.19. The summed E-state index contributed by atoms with van der Waals surface area (Å²) in [4.78, 5) is 27.1. The van der Waals surface area contributed by atoms with Gasteiger partial charge >= 0.3 is 0 Å². The molecule has 1 saturated heterocycles. The van der Waals surface area contributed by atoms with E-state index in [0.29, 0.717) is 36.7 Å². The lowest BCUT2D eigenvalue weighted by Gasteiger charge is -2.38. The van der Waals surface area contributed by atoms with Gasteiger partial charge in [0.25, 0.3) is 11.8 Å². The van der Waals surface area contributed by atoms with Crippen molar-refractivity contribution in [2.24, 2.45) is 0 Å². The van der Waals surface area contributed by atoms with E-state index in [1.807, 2.05) is 54.5 Å². The molecular weight excluding hydrogens is 336 g/mol. The molecule has 2 aromatic rings. The third kappa shape index (κ3) is 4.46. The molecule has 6 heteroatoms. The summed E-state index contributed by atoms with van der Waals surface area (Å²) in [6.07, 6.45) is 0. The molecule has 0 unspecified atom stereocenters. The van der Waals surface area contributed by atoms with Gasteiger partial charge in [0.05, 0.1) is 17.1 Å². The van der Waals surface area contributed by atoms with E-state index in [-0.39, 0.29) is 17.4 Å². The predicted molar refractivity (Wildman–Crippen MR) is 97.9 cm³/mol. The molecule has 3 rings (SSSR count). The van der Waals surface area contributed by atoms with Crippen LogP contribution in [0.4, 0.5) is 0 Å². The van der Waals surface area contributed by atoms with Crippen LogP contribution in [-0.4, -0.2) is 42.0 Å². The lowest BCUT2D eigenvalue weighted by molar-refractivity contribution is -0.0764. The Kier molecular flexibility index (Phi) is 5.20. The Bertz CT molecular complexity index is 739. The van der Waals surface area contributed by atoms with Crippen LogP contribution in [0.5, 0.6) is 0 Å². The van der Waals surface area contributed by atoms with E-state index in [4.69, 9.17) is 4.74 Å². The molecule has 1 aromatic carbocycles. The summed E-state index contributed by atoms with van der Waals surface area (Å²) in [5.74, 6) is -0.0590. The summed E-state index contributed by atoms with van der Waals surface area (Å²) >= 11 is 1.42. The fourth-order valence-corrected chi connectivity index (χ4v) is 3.45. The van der Waals surface area contributed by atoms with Crippen molar-refractivity contribution in [3.05, 3.63) is 57.8 Å². The average molecular weight is 358 g/mol. The molecule has 1 aliphatic heterocycles. The molecule has 132 valence electrons. The number of ether oxygens (including phenoxy) is 1. The second-order valence-corrected chi connectivity index (χ2v) is 7.64. The fourth-order valence-electron chi connectivity index (χ4n) is 2.81.